The van der Waals surface area contributed by atoms with E-state index in [9.17, 15) is 9.59 Å². The summed E-state index contributed by atoms with van der Waals surface area (Å²) < 4.78 is 5.22. The van der Waals surface area contributed by atoms with Gasteiger partial charge >= 0.3 is 0 Å². The third-order valence-corrected chi connectivity index (χ3v) is 7.96. The van der Waals surface area contributed by atoms with Crippen LogP contribution in [0.1, 0.15) is 52.5 Å². The van der Waals surface area contributed by atoms with E-state index in [-0.39, 0.29) is 30.1 Å². The molecule has 10 heteroatoms. The van der Waals surface area contributed by atoms with Crippen molar-refractivity contribution >= 4 is 17.6 Å². The van der Waals surface area contributed by atoms with Gasteiger partial charge in [0, 0.05) is 51.4 Å². The molecule has 3 atom stereocenters. The Balaban J connectivity index is 1.01. The van der Waals surface area contributed by atoms with Crippen molar-refractivity contribution in [2.75, 3.05) is 26.2 Å². The SMILES string of the molecule is Cc1ccc(C2CC3C4NN=C(CCC(=O)N5CCN(C(=O)c6ccco6)CC5)N4C=CN3N2)cc1C. The zero-order chi connectivity index (χ0) is 25.5. The van der Waals surface area contributed by atoms with Crippen molar-refractivity contribution in [3.63, 3.8) is 0 Å². The average molecular weight is 504 g/mol. The molecule has 4 aliphatic rings. The first-order valence-corrected chi connectivity index (χ1v) is 13.0. The second-order valence-electron chi connectivity index (χ2n) is 10.2. The number of fused-ring (bicyclic) bond motifs is 3. The van der Waals surface area contributed by atoms with Crippen molar-refractivity contribution < 1.29 is 14.0 Å². The first-order chi connectivity index (χ1) is 18.0. The number of hydrazine groups is 1. The second-order valence-corrected chi connectivity index (χ2v) is 10.2. The predicted molar refractivity (Wildman–Crippen MR) is 138 cm³/mol. The number of carbonyl (C=O) groups is 2. The molecule has 0 spiro atoms. The molecule has 10 nitrogen and oxygen atoms in total. The number of furan rings is 1. The van der Waals surface area contributed by atoms with Gasteiger partial charge in [0.2, 0.25) is 5.91 Å². The fourth-order valence-corrected chi connectivity index (χ4v) is 5.60. The van der Waals surface area contributed by atoms with Crippen LogP contribution in [0.25, 0.3) is 0 Å². The molecule has 3 unspecified atom stereocenters. The molecule has 1 aromatic heterocycles. The zero-order valence-electron chi connectivity index (χ0n) is 21.3. The van der Waals surface area contributed by atoms with Gasteiger partial charge in [-0.05, 0) is 49.1 Å². The van der Waals surface area contributed by atoms with Gasteiger partial charge in [-0.2, -0.15) is 5.10 Å². The Kier molecular flexibility index (Phi) is 6.11. The van der Waals surface area contributed by atoms with E-state index in [1.54, 1.807) is 17.0 Å². The maximum absolute atomic E-state index is 12.9. The van der Waals surface area contributed by atoms with E-state index in [1.165, 1.54) is 23.0 Å². The van der Waals surface area contributed by atoms with Crippen LogP contribution in [0.2, 0.25) is 0 Å². The number of hydrogen-bond acceptors (Lipinski definition) is 8. The van der Waals surface area contributed by atoms with E-state index in [1.807, 2.05) is 11.1 Å². The van der Waals surface area contributed by atoms with Gasteiger partial charge < -0.3 is 24.1 Å². The quantitative estimate of drug-likeness (QED) is 0.646. The lowest BCUT2D eigenvalue weighted by Crippen LogP contribution is -2.54. The van der Waals surface area contributed by atoms with E-state index in [2.05, 4.69) is 64.1 Å². The first-order valence-electron chi connectivity index (χ1n) is 13.0. The summed E-state index contributed by atoms with van der Waals surface area (Å²) >= 11 is 0. The predicted octanol–water partition coefficient (Wildman–Crippen LogP) is 2.31. The van der Waals surface area contributed by atoms with Crippen LogP contribution in [0, 0.1) is 13.8 Å². The molecule has 2 aromatic rings. The van der Waals surface area contributed by atoms with E-state index in [4.69, 9.17) is 4.42 Å². The molecule has 2 amide bonds. The van der Waals surface area contributed by atoms with Crippen molar-refractivity contribution in [2.24, 2.45) is 5.10 Å². The number of amidine groups is 1. The highest BCUT2D eigenvalue weighted by atomic mass is 16.3. The van der Waals surface area contributed by atoms with Crippen LogP contribution in [-0.4, -0.2) is 75.7 Å². The topological polar surface area (TPSA) is 96.7 Å². The monoisotopic (exact) mass is 503 g/mol. The Bertz CT molecular complexity index is 1230. The van der Waals surface area contributed by atoms with Crippen molar-refractivity contribution in [3.8, 4) is 0 Å². The lowest BCUT2D eigenvalue weighted by molar-refractivity contribution is -0.132. The summed E-state index contributed by atoms with van der Waals surface area (Å²) in [5.41, 5.74) is 10.9. The average Bonchev–Trinajstić information content (AvgIpc) is 3.68. The fourth-order valence-electron chi connectivity index (χ4n) is 5.60. The molecule has 2 fully saturated rings. The number of rotatable bonds is 5. The Morgan fingerprint density at radius 2 is 1.86 bits per heavy atom. The largest absolute Gasteiger partial charge is 0.459 e. The molecule has 6 rings (SSSR count). The van der Waals surface area contributed by atoms with Crippen molar-refractivity contribution in [1.29, 1.82) is 0 Å². The van der Waals surface area contributed by atoms with E-state index >= 15 is 0 Å². The van der Waals surface area contributed by atoms with Crippen molar-refractivity contribution in [3.05, 3.63) is 71.4 Å². The fraction of sp³-hybridized carbons (Fsp3) is 0.444. The smallest absolute Gasteiger partial charge is 0.289 e. The summed E-state index contributed by atoms with van der Waals surface area (Å²) in [6, 6.07) is 10.5. The van der Waals surface area contributed by atoms with Crippen LogP contribution < -0.4 is 10.9 Å². The number of amides is 2. The maximum atomic E-state index is 12.9. The summed E-state index contributed by atoms with van der Waals surface area (Å²) in [5, 5.41) is 6.78. The third kappa shape index (κ3) is 4.46. The first kappa shape index (κ1) is 23.6. The number of nitrogens with zero attached hydrogens (tertiary/aromatic N) is 5. The molecular formula is C27H33N7O3. The minimum Gasteiger partial charge on any atom is -0.459 e. The zero-order valence-corrected chi connectivity index (χ0v) is 21.3. The molecule has 0 saturated carbocycles. The molecule has 0 bridgehead atoms. The van der Waals surface area contributed by atoms with E-state index < -0.39 is 0 Å². The van der Waals surface area contributed by atoms with Crippen LogP contribution in [0.4, 0.5) is 0 Å². The molecule has 37 heavy (non-hydrogen) atoms. The second kappa shape index (κ2) is 9.59. The van der Waals surface area contributed by atoms with Crippen molar-refractivity contribution in [2.45, 2.75) is 51.4 Å². The van der Waals surface area contributed by atoms with Gasteiger partial charge in [0.05, 0.1) is 18.3 Å². The number of piperazine rings is 1. The highest BCUT2D eigenvalue weighted by molar-refractivity contribution is 5.92. The molecule has 0 radical (unpaired) electrons. The Labute approximate surface area is 216 Å². The summed E-state index contributed by atoms with van der Waals surface area (Å²) in [4.78, 5) is 31.1. The lowest BCUT2D eigenvalue weighted by atomic mass is 9.97. The van der Waals surface area contributed by atoms with Gasteiger partial charge in [-0.15, -0.1) is 0 Å². The highest BCUT2D eigenvalue weighted by Crippen LogP contribution is 2.34. The third-order valence-electron chi connectivity index (χ3n) is 7.96. The molecule has 194 valence electrons. The van der Waals surface area contributed by atoms with Gasteiger partial charge in [0.25, 0.3) is 5.91 Å². The number of hydrazone groups is 1. The standard InChI is InChI=1S/C27H33N7O3/c1-18-5-6-20(16-19(18)2)21-17-22-26-29-28-24(33(26)13-14-34(22)30-21)7-8-25(35)31-9-11-32(12-10-31)27(36)23-4-3-15-37-23/h3-6,13-16,21-22,26,29-30H,7-12,17H2,1-2H3. The number of nitrogens with one attached hydrogen (secondary N) is 2. The van der Waals surface area contributed by atoms with Gasteiger partial charge in [-0.25, -0.2) is 5.43 Å². The van der Waals surface area contributed by atoms with Crippen LogP contribution in [0.5, 0.6) is 0 Å². The van der Waals surface area contributed by atoms with E-state index in [0.717, 1.165) is 12.3 Å². The van der Waals surface area contributed by atoms with Crippen LogP contribution in [-0.2, 0) is 4.79 Å². The van der Waals surface area contributed by atoms with Crippen molar-refractivity contribution in [1.82, 2.24) is 30.6 Å². The summed E-state index contributed by atoms with van der Waals surface area (Å²) in [6.45, 7) is 6.38. The van der Waals surface area contributed by atoms with Crippen LogP contribution in [0.3, 0.4) is 0 Å². The summed E-state index contributed by atoms with van der Waals surface area (Å²) in [7, 11) is 0. The van der Waals surface area contributed by atoms with Gasteiger partial charge in [0.1, 0.15) is 12.0 Å². The maximum Gasteiger partial charge on any atom is 0.289 e. The molecule has 4 aliphatic heterocycles. The highest BCUT2D eigenvalue weighted by Gasteiger charge is 2.44. The minimum absolute atomic E-state index is 0.0373. The Hall–Kier alpha value is -3.79. The Morgan fingerprint density at radius 3 is 2.62 bits per heavy atom. The minimum atomic E-state index is -0.124. The normalized spacial score (nSPS) is 24.6. The number of carbonyl (C=O) groups excluding carboxylic acids is 2. The van der Waals surface area contributed by atoms with Gasteiger partial charge in [-0.1, -0.05) is 18.2 Å². The van der Waals surface area contributed by atoms with Gasteiger partial charge in [-0.3, -0.25) is 15.0 Å². The van der Waals surface area contributed by atoms with E-state index in [0.29, 0.717) is 44.8 Å². The molecule has 5 heterocycles. The molecule has 1 aromatic carbocycles. The molecule has 2 saturated heterocycles. The number of aryl methyl sites for hydroxylation is 2. The number of benzene rings is 1. The molecule has 2 N–H and O–H groups in total. The number of hydrogen-bond donors (Lipinski definition) is 2. The van der Waals surface area contributed by atoms with Crippen LogP contribution in [0.15, 0.2) is 58.5 Å². The van der Waals surface area contributed by atoms with Gasteiger partial charge in [0.15, 0.2) is 5.76 Å². The summed E-state index contributed by atoms with van der Waals surface area (Å²) in [6.07, 6.45) is 7.57. The molecular weight excluding hydrogens is 470 g/mol. The van der Waals surface area contributed by atoms with Crippen LogP contribution >= 0.6 is 0 Å². The molecule has 0 aliphatic carbocycles. The Morgan fingerprint density at radius 1 is 1.05 bits per heavy atom. The lowest BCUT2D eigenvalue weighted by Gasteiger charge is -2.37. The summed E-state index contributed by atoms with van der Waals surface area (Å²) in [5.74, 6) is 1.19.